The van der Waals surface area contributed by atoms with Gasteiger partial charge in [0.1, 0.15) is 0 Å². The molecule has 4 nitrogen and oxygen atoms in total. The first kappa shape index (κ1) is 11.3. The smallest absolute Gasteiger partial charge is 0.191 e. The summed E-state index contributed by atoms with van der Waals surface area (Å²) in [6.45, 7) is 0. The molecule has 2 unspecified atom stereocenters. The van der Waals surface area contributed by atoms with Gasteiger partial charge in [-0.15, -0.1) is 0 Å². The Bertz CT molecular complexity index is 334. The number of methoxy groups -OCH3 is 1. The molecule has 0 aliphatic heterocycles. The van der Waals surface area contributed by atoms with Crippen molar-refractivity contribution < 1.29 is 4.74 Å². The van der Waals surface area contributed by atoms with Gasteiger partial charge in [-0.2, -0.15) is 0 Å². The second-order valence-corrected chi connectivity index (χ2v) is 5.89. The number of guanidine groups is 1. The van der Waals surface area contributed by atoms with Crippen molar-refractivity contribution in [3.05, 3.63) is 0 Å². The highest BCUT2D eigenvalue weighted by molar-refractivity contribution is 5.78. The molecule has 3 aliphatic carbocycles. The molecule has 0 aromatic rings. The number of hydrogen-bond acceptors (Lipinski definition) is 2. The number of nitrogens with two attached hydrogens (primary N) is 1. The van der Waals surface area contributed by atoms with Crippen LogP contribution in [0.2, 0.25) is 0 Å². The molecule has 0 radical (unpaired) electrons. The maximum Gasteiger partial charge on any atom is 0.191 e. The van der Waals surface area contributed by atoms with Gasteiger partial charge in [-0.1, -0.05) is 6.42 Å². The van der Waals surface area contributed by atoms with Gasteiger partial charge in [0.2, 0.25) is 0 Å². The number of hydrogen-bond donors (Lipinski definition) is 1. The Labute approximate surface area is 103 Å². The highest BCUT2D eigenvalue weighted by Crippen LogP contribution is 2.58. The monoisotopic (exact) mass is 237 g/mol. The summed E-state index contributed by atoms with van der Waals surface area (Å²) in [6, 6.07) is 1.05. The summed E-state index contributed by atoms with van der Waals surface area (Å²) in [5.74, 6) is 0.735. The fourth-order valence-electron chi connectivity index (χ4n) is 3.38. The molecular weight excluding hydrogens is 214 g/mol. The standard InChI is InChI=1S/C13H23N3O/c1-16(9-4-5-9)12(14)15-10-8-11(17-2)13(10)6-3-7-13/h9-11H,3-8H2,1-2H3,(H2,14,15). The molecule has 0 heterocycles. The van der Waals surface area contributed by atoms with Crippen molar-refractivity contribution in [3.63, 3.8) is 0 Å². The minimum atomic E-state index is 0.337. The highest BCUT2D eigenvalue weighted by atomic mass is 16.5. The van der Waals surface area contributed by atoms with Crippen molar-refractivity contribution in [2.24, 2.45) is 16.1 Å². The third-order valence-electron chi connectivity index (χ3n) is 5.06. The molecule has 96 valence electrons. The lowest BCUT2D eigenvalue weighted by Gasteiger charge is -2.59. The molecular formula is C13H23N3O. The van der Waals surface area contributed by atoms with Gasteiger partial charge >= 0.3 is 0 Å². The van der Waals surface area contributed by atoms with Gasteiger partial charge in [-0.3, -0.25) is 0 Å². The van der Waals surface area contributed by atoms with Crippen molar-refractivity contribution in [1.29, 1.82) is 0 Å². The third-order valence-corrected chi connectivity index (χ3v) is 5.06. The average Bonchev–Trinajstić information content (AvgIpc) is 3.03. The first-order valence-electron chi connectivity index (χ1n) is 6.76. The summed E-state index contributed by atoms with van der Waals surface area (Å²) in [5.41, 5.74) is 6.43. The molecule has 3 rings (SSSR count). The lowest BCUT2D eigenvalue weighted by atomic mass is 9.51. The predicted octanol–water partition coefficient (Wildman–Crippen LogP) is 1.35. The lowest BCUT2D eigenvalue weighted by Crippen LogP contribution is -2.61. The van der Waals surface area contributed by atoms with Crippen molar-refractivity contribution >= 4 is 5.96 Å². The van der Waals surface area contributed by atoms with E-state index in [1.54, 1.807) is 0 Å². The minimum Gasteiger partial charge on any atom is -0.381 e. The van der Waals surface area contributed by atoms with Crippen LogP contribution in [0.3, 0.4) is 0 Å². The van der Waals surface area contributed by atoms with Crippen LogP contribution >= 0.6 is 0 Å². The van der Waals surface area contributed by atoms with E-state index in [0.29, 0.717) is 23.6 Å². The summed E-state index contributed by atoms with van der Waals surface area (Å²) in [6.07, 6.45) is 7.86. The third kappa shape index (κ3) is 1.65. The van der Waals surface area contributed by atoms with Gasteiger partial charge in [-0.05, 0) is 32.1 Å². The van der Waals surface area contributed by atoms with Crippen LogP contribution < -0.4 is 5.73 Å². The summed E-state index contributed by atoms with van der Waals surface area (Å²) in [7, 11) is 3.89. The Morgan fingerprint density at radius 2 is 2.12 bits per heavy atom. The summed E-state index contributed by atoms with van der Waals surface area (Å²) in [4.78, 5) is 6.90. The minimum absolute atomic E-state index is 0.337. The van der Waals surface area contributed by atoms with Gasteiger partial charge < -0.3 is 15.4 Å². The van der Waals surface area contributed by atoms with Crippen LogP contribution in [0.4, 0.5) is 0 Å². The second kappa shape index (κ2) is 3.87. The van der Waals surface area contributed by atoms with Crippen LogP contribution in [0.5, 0.6) is 0 Å². The quantitative estimate of drug-likeness (QED) is 0.595. The molecule has 2 atom stereocenters. The highest BCUT2D eigenvalue weighted by Gasteiger charge is 2.59. The first-order chi connectivity index (χ1) is 8.17. The van der Waals surface area contributed by atoms with E-state index < -0.39 is 0 Å². The molecule has 1 spiro atoms. The van der Waals surface area contributed by atoms with Crippen molar-refractivity contribution in [2.75, 3.05) is 14.2 Å². The van der Waals surface area contributed by atoms with Gasteiger partial charge in [-0.25, -0.2) is 4.99 Å². The Hall–Kier alpha value is -0.770. The molecule has 4 heteroatoms. The molecule has 0 aromatic carbocycles. The zero-order valence-electron chi connectivity index (χ0n) is 10.9. The zero-order chi connectivity index (χ0) is 12.0. The first-order valence-corrected chi connectivity index (χ1v) is 6.76. The molecule has 3 saturated carbocycles. The molecule has 0 aromatic heterocycles. The SMILES string of the molecule is COC1CC(N=C(N)N(C)C2CC2)C12CCC2. The Morgan fingerprint density at radius 1 is 1.41 bits per heavy atom. The number of nitrogens with zero attached hydrogens (tertiary/aromatic N) is 2. The molecule has 0 amide bonds. The average molecular weight is 237 g/mol. The fourth-order valence-corrected chi connectivity index (χ4v) is 3.38. The molecule has 0 bridgehead atoms. The van der Waals surface area contributed by atoms with E-state index in [0.717, 1.165) is 12.4 Å². The number of ether oxygens (including phenoxy) is 1. The zero-order valence-corrected chi connectivity index (χ0v) is 10.9. The normalized spacial score (nSPS) is 35.3. The van der Waals surface area contributed by atoms with E-state index in [1.807, 2.05) is 7.11 Å². The topological polar surface area (TPSA) is 50.9 Å². The van der Waals surface area contributed by atoms with Crippen molar-refractivity contribution in [3.8, 4) is 0 Å². The molecule has 17 heavy (non-hydrogen) atoms. The maximum atomic E-state index is 6.09. The summed E-state index contributed by atoms with van der Waals surface area (Å²) in [5, 5.41) is 0. The second-order valence-electron chi connectivity index (χ2n) is 5.89. The molecule has 3 fully saturated rings. The summed E-state index contributed by atoms with van der Waals surface area (Å²) < 4.78 is 5.55. The maximum absolute atomic E-state index is 6.09. The van der Waals surface area contributed by atoms with Crippen LogP contribution in [0, 0.1) is 5.41 Å². The van der Waals surface area contributed by atoms with Gasteiger partial charge in [0.05, 0.1) is 12.1 Å². The predicted molar refractivity (Wildman–Crippen MR) is 67.9 cm³/mol. The fraction of sp³-hybridized carbons (Fsp3) is 0.923. The Balaban J connectivity index is 1.67. The van der Waals surface area contributed by atoms with Gasteiger partial charge in [0.15, 0.2) is 5.96 Å². The summed E-state index contributed by atoms with van der Waals surface area (Å²) >= 11 is 0. The molecule has 3 aliphatic rings. The van der Waals surface area contributed by atoms with E-state index >= 15 is 0 Å². The van der Waals surface area contributed by atoms with Crippen LogP contribution in [-0.4, -0.2) is 43.2 Å². The van der Waals surface area contributed by atoms with Gasteiger partial charge in [0, 0.05) is 25.6 Å². The van der Waals surface area contributed by atoms with E-state index in [2.05, 4.69) is 11.9 Å². The van der Waals surface area contributed by atoms with Crippen LogP contribution in [0.15, 0.2) is 4.99 Å². The molecule has 0 saturated heterocycles. The van der Waals surface area contributed by atoms with Gasteiger partial charge in [0.25, 0.3) is 0 Å². The number of rotatable bonds is 3. The number of aliphatic imine (C=N–C) groups is 1. The van der Waals surface area contributed by atoms with Crippen LogP contribution in [-0.2, 0) is 4.74 Å². The molecule has 2 N–H and O–H groups in total. The largest absolute Gasteiger partial charge is 0.381 e. The van der Waals surface area contributed by atoms with Crippen molar-refractivity contribution in [2.45, 2.75) is 56.7 Å². The van der Waals surface area contributed by atoms with Crippen LogP contribution in [0.1, 0.15) is 38.5 Å². The van der Waals surface area contributed by atoms with Crippen molar-refractivity contribution in [1.82, 2.24) is 4.90 Å². The lowest BCUT2D eigenvalue weighted by molar-refractivity contribution is -0.150. The van der Waals surface area contributed by atoms with E-state index in [9.17, 15) is 0 Å². The Morgan fingerprint density at radius 3 is 2.59 bits per heavy atom. The van der Waals surface area contributed by atoms with E-state index in [4.69, 9.17) is 15.5 Å². The van der Waals surface area contributed by atoms with Crippen LogP contribution in [0.25, 0.3) is 0 Å². The van der Waals surface area contributed by atoms with E-state index in [1.165, 1.54) is 32.1 Å². The van der Waals surface area contributed by atoms with E-state index in [-0.39, 0.29) is 0 Å². The Kier molecular flexibility index (Phi) is 2.58.